The van der Waals surface area contributed by atoms with E-state index >= 15 is 8.78 Å². The molecule has 23 heteroatoms. The molecule has 11 rings (SSSR count). The summed E-state index contributed by atoms with van der Waals surface area (Å²) >= 11 is 0. The summed E-state index contributed by atoms with van der Waals surface area (Å²) in [5, 5.41) is 32.5. The van der Waals surface area contributed by atoms with Gasteiger partial charge < -0.3 is 43.6 Å². The molecule has 3 aromatic heterocycles. The number of nitrogens with zero attached hydrogens (tertiary/aromatic N) is 8. The summed E-state index contributed by atoms with van der Waals surface area (Å²) in [4.78, 5) is 41.9. The van der Waals surface area contributed by atoms with Crippen LogP contribution in [0.4, 0.5) is 28.9 Å². The number of rotatable bonds is 20. The molecule has 2 N–H and O–H groups in total. The number of hydrogen-bond donors (Lipinski definition) is 2. The van der Waals surface area contributed by atoms with Crippen LogP contribution in [0.1, 0.15) is 83.9 Å². The van der Waals surface area contributed by atoms with Gasteiger partial charge in [-0.3, -0.25) is 4.79 Å². The summed E-state index contributed by atoms with van der Waals surface area (Å²) in [6.45, 7) is 5.87. The molecule has 19 nitrogen and oxygen atoms in total. The molecule has 0 spiro atoms. The van der Waals surface area contributed by atoms with E-state index in [1.54, 1.807) is 73.9 Å². The average molecular weight is 1190 g/mol. The smallest absolute Gasteiger partial charge is 0.337 e. The van der Waals surface area contributed by atoms with Gasteiger partial charge in [-0.05, 0) is 110 Å². The van der Waals surface area contributed by atoms with Crippen LogP contribution >= 0.6 is 0 Å². The number of fused-ring (bicyclic) bond motifs is 1. The highest BCUT2D eigenvalue weighted by atomic mass is 19.1. The van der Waals surface area contributed by atoms with Gasteiger partial charge in [0.2, 0.25) is 17.7 Å². The third kappa shape index (κ3) is 14.1. The summed E-state index contributed by atoms with van der Waals surface area (Å²) in [6, 6.07) is 31.1. The van der Waals surface area contributed by atoms with Crippen molar-refractivity contribution in [2.75, 3.05) is 44.6 Å². The van der Waals surface area contributed by atoms with Crippen LogP contribution in [0.3, 0.4) is 0 Å². The van der Waals surface area contributed by atoms with Crippen molar-refractivity contribution in [3.05, 3.63) is 206 Å². The molecule has 2 atom stereocenters. The molecule has 9 aromatic rings. The van der Waals surface area contributed by atoms with Crippen molar-refractivity contribution in [1.29, 1.82) is 10.5 Å². The maximum absolute atomic E-state index is 15.6. The molecule has 0 unspecified atom stereocenters. The average Bonchev–Trinajstić information content (AvgIpc) is 2.01. The molecule has 0 aliphatic carbocycles. The highest BCUT2D eigenvalue weighted by molar-refractivity contribution is 5.98. The lowest BCUT2D eigenvalue weighted by molar-refractivity contribution is -0.115. The SMILES string of the molecule is COC(=O)c1ccc(NC(=O)Cc2cc(C)c(-n3ccc(OCc4ccc(C#N)cc4F)n3)cc2F)c(NC[C@@H]2CCO2)c1.COC(=O)c1ccc2nc(Cc3cc(C)c(-n4ccc(OCc5ccc(C#N)cc5F)n4)cc3F)n(C[C@@H]3CCO3)c2c1. The molecular formula is C64H56F4N10O9. The lowest BCUT2D eigenvalue weighted by atomic mass is 10.1. The number of nitrogens with one attached hydrogen (secondary N) is 2. The third-order valence-corrected chi connectivity index (χ3v) is 14.6. The van der Waals surface area contributed by atoms with Crippen LogP contribution in [0.25, 0.3) is 22.4 Å². The van der Waals surface area contributed by atoms with E-state index in [0.29, 0.717) is 82.6 Å². The van der Waals surface area contributed by atoms with E-state index in [1.165, 1.54) is 66.0 Å². The van der Waals surface area contributed by atoms with E-state index < -0.39 is 41.1 Å². The fourth-order valence-electron chi connectivity index (χ4n) is 9.67. The van der Waals surface area contributed by atoms with Crippen molar-refractivity contribution in [2.45, 2.75) is 71.5 Å². The molecule has 5 heterocycles. The Morgan fingerprint density at radius 2 is 1.16 bits per heavy atom. The molecule has 87 heavy (non-hydrogen) atoms. The number of amides is 1. The first kappa shape index (κ1) is 59.8. The van der Waals surface area contributed by atoms with Crippen molar-refractivity contribution in [3.8, 4) is 35.3 Å². The Kier molecular flexibility index (Phi) is 18.3. The molecular weight excluding hydrogens is 1130 g/mol. The van der Waals surface area contributed by atoms with E-state index in [0.717, 1.165) is 36.1 Å². The van der Waals surface area contributed by atoms with Crippen molar-refractivity contribution in [2.24, 2.45) is 0 Å². The van der Waals surface area contributed by atoms with Gasteiger partial charge in [0, 0.05) is 74.0 Å². The monoisotopic (exact) mass is 1180 g/mol. The number of methoxy groups -OCH3 is 2. The topological polar surface area (TPSA) is 232 Å². The minimum Gasteiger partial charge on any atom is -0.472 e. The number of carbonyl (C=O) groups is 3. The fourth-order valence-corrected chi connectivity index (χ4v) is 9.67. The number of nitriles is 2. The van der Waals surface area contributed by atoms with Gasteiger partial charge in [0.15, 0.2) is 0 Å². The van der Waals surface area contributed by atoms with Gasteiger partial charge in [0.25, 0.3) is 0 Å². The predicted molar refractivity (Wildman–Crippen MR) is 309 cm³/mol. The molecule has 444 valence electrons. The summed E-state index contributed by atoms with van der Waals surface area (Å²) in [5.41, 5.74) is 7.16. The van der Waals surface area contributed by atoms with Gasteiger partial charge in [-0.25, -0.2) is 41.5 Å². The van der Waals surface area contributed by atoms with Gasteiger partial charge in [-0.15, -0.1) is 10.2 Å². The zero-order chi connectivity index (χ0) is 61.3. The Morgan fingerprint density at radius 1 is 0.632 bits per heavy atom. The molecule has 6 aromatic carbocycles. The van der Waals surface area contributed by atoms with Crippen molar-refractivity contribution in [1.82, 2.24) is 29.1 Å². The number of halogens is 4. The number of aryl methyl sites for hydroxylation is 2. The molecule has 0 saturated carbocycles. The van der Waals surface area contributed by atoms with E-state index in [9.17, 15) is 23.2 Å². The van der Waals surface area contributed by atoms with Crippen molar-refractivity contribution < 1.29 is 60.4 Å². The van der Waals surface area contributed by atoms with Crippen LogP contribution in [-0.4, -0.2) is 93.1 Å². The maximum atomic E-state index is 15.6. The number of imidazole rings is 1. The number of carbonyl (C=O) groups excluding carboxylic acids is 3. The number of aromatic nitrogens is 6. The standard InChI is InChI=1S/C32H29F2N5O5.C32H27F2N5O4/c1-19-11-23(14-30(40)37-27-6-5-21(32(41)42-2)13-28(27)36-17-24-8-10-43-24)26(34)15-29(19)39-9-7-31(38-39)44-18-22-4-3-20(16-35)12-25(22)33;1-19-11-23(14-30-36-27-6-5-21(32(40)41-2)13-29(27)38(30)17-24-8-10-42-24)26(34)15-28(19)39-9-7-31(37-39)43-18-22-4-3-20(16-35)12-25(22)33/h3-7,9,11-13,15,24,36H,8,10,14,17-18H2,1-2H3,(H,37,40);3-7,9,11-13,15,24H,8,10,14,17-18H2,1-2H3/t2*24-/m00/s1. The van der Waals surface area contributed by atoms with E-state index in [-0.39, 0.29) is 77.8 Å². The lowest BCUT2D eigenvalue weighted by Gasteiger charge is -2.27. The highest BCUT2D eigenvalue weighted by Crippen LogP contribution is 2.30. The summed E-state index contributed by atoms with van der Waals surface area (Å²) in [7, 11) is 2.62. The number of benzene rings is 6. The Hall–Kier alpha value is -10.4. The third-order valence-electron chi connectivity index (χ3n) is 14.6. The molecule has 0 bridgehead atoms. The first-order chi connectivity index (χ1) is 42.1. The lowest BCUT2D eigenvalue weighted by Crippen LogP contribution is -2.33. The second kappa shape index (κ2) is 26.7. The molecule has 2 aliphatic heterocycles. The summed E-state index contributed by atoms with van der Waals surface area (Å²) in [6.07, 6.45) is 5.10. The van der Waals surface area contributed by atoms with Crippen molar-refractivity contribution >= 4 is 40.3 Å². The minimum absolute atomic E-state index is 0.0246. The zero-order valence-electron chi connectivity index (χ0n) is 47.5. The van der Waals surface area contributed by atoms with Gasteiger partial charge in [0.1, 0.15) is 42.3 Å². The van der Waals surface area contributed by atoms with Crippen LogP contribution in [0.2, 0.25) is 0 Å². The van der Waals surface area contributed by atoms with Crippen molar-refractivity contribution in [3.63, 3.8) is 0 Å². The number of esters is 2. The van der Waals surface area contributed by atoms with Crippen LogP contribution < -0.4 is 20.1 Å². The Labute approximate surface area is 496 Å². The first-order valence-corrected chi connectivity index (χ1v) is 27.5. The first-order valence-electron chi connectivity index (χ1n) is 27.5. The fraction of sp³-hybridized carbons (Fsp3) is 0.250. The van der Waals surface area contributed by atoms with E-state index in [1.807, 2.05) is 23.6 Å². The van der Waals surface area contributed by atoms with Gasteiger partial charge >= 0.3 is 11.9 Å². The largest absolute Gasteiger partial charge is 0.472 e. The maximum Gasteiger partial charge on any atom is 0.337 e. The zero-order valence-corrected chi connectivity index (χ0v) is 47.5. The quantitative estimate of drug-likeness (QED) is 0.0534. The Bertz CT molecular complexity index is 4160. The van der Waals surface area contributed by atoms with E-state index in [2.05, 4.69) is 20.8 Å². The highest BCUT2D eigenvalue weighted by Gasteiger charge is 2.25. The number of ether oxygens (including phenoxy) is 6. The predicted octanol–water partition coefficient (Wildman–Crippen LogP) is 10.5. The second-order valence-electron chi connectivity index (χ2n) is 20.5. The molecule has 2 aliphatic rings. The molecule has 2 saturated heterocycles. The number of anilines is 2. The van der Waals surface area contributed by atoms with Gasteiger partial charge in [0.05, 0.1) is 108 Å². The van der Waals surface area contributed by atoms with E-state index in [4.69, 9.17) is 43.9 Å². The van der Waals surface area contributed by atoms with Crippen LogP contribution in [0.5, 0.6) is 11.8 Å². The summed E-state index contributed by atoms with van der Waals surface area (Å²) in [5.74, 6) is -2.43. The van der Waals surface area contributed by atoms with Gasteiger partial charge in [-0.2, -0.15) is 10.5 Å². The van der Waals surface area contributed by atoms with Crippen LogP contribution in [0, 0.1) is 59.8 Å². The Morgan fingerprint density at radius 3 is 1.69 bits per heavy atom. The van der Waals surface area contributed by atoms with Crippen LogP contribution in [0.15, 0.2) is 122 Å². The second-order valence-corrected chi connectivity index (χ2v) is 20.5. The summed E-state index contributed by atoms with van der Waals surface area (Å²) < 4.78 is 96.1. The Balaban J connectivity index is 0.000000193. The van der Waals surface area contributed by atoms with Gasteiger partial charge in [-0.1, -0.05) is 24.3 Å². The number of hydrogen-bond acceptors (Lipinski definition) is 15. The van der Waals surface area contributed by atoms with Crippen LogP contribution in [-0.2, 0) is 56.3 Å². The normalized spacial score (nSPS) is 14.1. The molecule has 2 fully saturated rings. The molecule has 1 amide bonds. The molecule has 0 radical (unpaired) electrons. The minimum atomic E-state index is -0.597.